The minimum absolute atomic E-state index is 0.0117. The quantitative estimate of drug-likeness (QED) is 0.0527. The van der Waals surface area contributed by atoms with Crippen LogP contribution in [0.15, 0.2) is 24.3 Å². The van der Waals surface area contributed by atoms with Crippen molar-refractivity contribution in [3.05, 3.63) is 24.3 Å². The molecule has 1 aromatic carbocycles. The number of hydrogen-bond acceptors (Lipinski definition) is 6. The van der Waals surface area contributed by atoms with E-state index in [9.17, 15) is 9.59 Å². The monoisotopic (exact) mass is 675 g/mol. The van der Waals surface area contributed by atoms with Crippen molar-refractivity contribution in [3.63, 3.8) is 0 Å². The molecule has 1 aromatic rings. The van der Waals surface area contributed by atoms with Crippen LogP contribution in [0.5, 0.6) is 11.5 Å². The summed E-state index contributed by atoms with van der Waals surface area (Å²) in [7, 11) is 1.62. The lowest BCUT2D eigenvalue weighted by Crippen LogP contribution is -2.31. The fraction of sp³-hybridized carbons (Fsp3) is 0.810. The molecule has 0 unspecified atom stereocenters. The number of esters is 2. The van der Waals surface area contributed by atoms with E-state index in [1.807, 2.05) is 24.3 Å². The van der Waals surface area contributed by atoms with Crippen molar-refractivity contribution in [1.82, 2.24) is 0 Å². The van der Waals surface area contributed by atoms with Gasteiger partial charge in [0, 0.05) is 12.8 Å². The van der Waals surface area contributed by atoms with Crippen molar-refractivity contribution in [2.75, 3.05) is 20.3 Å². The first-order chi connectivity index (χ1) is 23.6. The van der Waals surface area contributed by atoms with E-state index in [4.69, 9.17) is 18.9 Å². The Bertz CT molecular complexity index is 854. The Kier molecular flexibility index (Phi) is 30.3. The molecule has 0 aliphatic rings. The zero-order valence-corrected chi connectivity index (χ0v) is 31.5. The summed E-state index contributed by atoms with van der Waals surface area (Å²) in [5.41, 5.74) is 0. The maximum Gasteiger partial charge on any atom is 0.306 e. The molecule has 0 bridgehead atoms. The van der Waals surface area contributed by atoms with E-state index in [-0.39, 0.29) is 25.2 Å². The van der Waals surface area contributed by atoms with Crippen LogP contribution < -0.4 is 9.47 Å². The van der Waals surface area contributed by atoms with Crippen LogP contribution >= 0.6 is 0 Å². The van der Waals surface area contributed by atoms with Crippen LogP contribution in [-0.2, 0) is 19.1 Å². The van der Waals surface area contributed by atoms with Gasteiger partial charge in [-0.15, -0.1) is 0 Å². The number of benzene rings is 1. The van der Waals surface area contributed by atoms with Crippen molar-refractivity contribution in [1.29, 1.82) is 0 Å². The standard InChI is InChI=1S/C42H74O6/c1-4-6-8-10-12-14-16-18-20-22-24-26-28-30-41(43)47-37-40(36-46-39-34-32-38(45-3)33-35-39)48-42(44)31-29-27-25-23-21-19-17-15-13-11-9-7-5-2/h32-35,40H,4-31,36-37H2,1-3H3/t40-/m0/s1. The van der Waals surface area contributed by atoms with Gasteiger partial charge in [0.25, 0.3) is 0 Å². The third-order valence-electron chi connectivity index (χ3n) is 9.19. The molecule has 0 aliphatic carbocycles. The lowest BCUT2D eigenvalue weighted by Gasteiger charge is -2.19. The first-order valence-corrected chi connectivity index (χ1v) is 20.2. The molecule has 0 heterocycles. The average Bonchev–Trinajstić information content (AvgIpc) is 3.10. The van der Waals surface area contributed by atoms with Gasteiger partial charge in [0.15, 0.2) is 6.10 Å². The topological polar surface area (TPSA) is 71.1 Å². The SMILES string of the molecule is CCCCCCCCCCCCCCCC(=O)OC[C@H](COc1ccc(OC)cc1)OC(=O)CCCCCCCCCCCCCCC. The molecular weight excluding hydrogens is 600 g/mol. The van der Waals surface area contributed by atoms with E-state index in [2.05, 4.69) is 13.8 Å². The van der Waals surface area contributed by atoms with Crippen LogP contribution in [0.1, 0.15) is 194 Å². The Morgan fingerprint density at radius 2 is 0.833 bits per heavy atom. The maximum absolute atomic E-state index is 12.7. The molecule has 0 saturated carbocycles. The Balaban J connectivity index is 2.23. The van der Waals surface area contributed by atoms with Gasteiger partial charge in [-0.1, -0.05) is 168 Å². The highest BCUT2D eigenvalue weighted by atomic mass is 16.6. The van der Waals surface area contributed by atoms with E-state index in [1.54, 1.807) is 7.11 Å². The molecule has 0 radical (unpaired) electrons. The van der Waals surface area contributed by atoms with Gasteiger partial charge in [0.1, 0.15) is 24.7 Å². The van der Waals surface area contributed by atoms with Crippen LogP contribution in [0.3, 0.4) is 0 Å². The molecule has 0 saturated heterocycles. The highest BCUT2D eigenvalue weighted by Crippen LogP contribution is 2.18. The van der Waals surface area contributed by atoms with Crippen molar-refractivity contribution in [2.24, 2.45) is 0 Å². The second kappa shape index (κ2) is 33.3. The molecule has 1 rings (SSSR count). The summed E-state index contributed by atoms with van der Waals surface area (Å²) in [5.74, 6) is 0.894. The lowest BCUT2D eigenvalue weighted by atomic mass is 10.0. The van der Waals surface area contributed by atoms with E-state index >= 15 is 0 Å². The van der Waals surface area contributed by atoms with E-state index in [0.717, 1.165) is 37.9 Å². The highest BCUT2D eigenvalue weighted by molar-refractivity contribution is 5.70. The van der Waals surface area contributed by atoms with Crippen LogP contribution in [-0.4, -0.2) is 38.4 Å². The summed E-state index contributed by atoms with van der Waals surface area (Å²) in [6, 6.07) is 7.26. The van der Waals surface area contributed by atoms with Crippen LogP contribution in [0.4, 0.5) is 0 Å². The largest absolute Gasteiger partial charge is 0.497 e. The number of methoxy groups -OCH3 is 1. The molecule has 0 fully saturated rings. The van der Waals surface area contributed by atoms with Gasteiger partial charge < -0.3 is 18.9 Å². The summed E-state index contributed by atoms with van der Waals surface area (Å²) in [4.78, 5) is 25.1. The van der Waals surface area contributed by atoms with Crippen LogP contribution in [0.2, 0.25) is 0 Å². The number of ether oxygens (including phenoxy) is 4. The van der Waals surface area contributed by atoms with Crippen molar-refractivity contribution in [3.8, 4) is 11.5 Å². The smallest absolute Gasteiger partial charge is 0.306 e. The summed E-state index contributed by atoms with van der Waals surface area (Å²) in [6.45, 7) is 4.67. The Morgan fingerprint density at radius 3 is 1.23 bits per heavy atom. The molecule has 0 N–H and O–H groups in total. The normalized spacial score (nSPS) is 11.7. The van der Waals surface area contributed by atoms with Crippen LogP contribution in [0.25, 0.3) is 0 Å². The first kappa shape index (κ1) is 43.8. The van der Waals surface area contributed by atoms with E-state index in [1.165, 1.54) is 135 Å². The molecular formula is C42H74O6. The summed E-state index contributed by atoms with van der Waals surface area (Å²) in [6.07, 6.45) is 33.0. The zero-order chi connectivity index (χ0) is 34.8. The molecule has 48 heavy (non-hydrogen) atoms. The van der Waals surface area contributed by atoms with Gasteiger partial charge in [-0.3, -0.25) is 9.59 Å². The average molecular weight is 675 g/mol. The number of unbranched alkanes of at least 4 members (excludes halogenated alkanes) is 24. The van der Waals surface area contributed by atoms with Gasteiger partial charge in [-0.05, 0) is 37.1 Å². The van der Waals surface area contributed by atoms with Crippen molar-refractivity contribution < 1.29 is 28.5 Å². The van der Waals surface area contributed by atoms with Crippen LogP contribution in [0, 0.1) is 0 Å². The number of carbonyl (C=O) groups excluding carboxylic acids is 2. The van der Waals surface area contributed by atoms with Crippen molar-refractivity contribution >= 4 is 11.9 Å². The van der Waals surface area contributed by atoms with Gasteiger partial charge in [-0.25, -0.2) is 0 Å². The Morgan fingerprint density at radius 1 is 0.479 bits per heavy atom. The molecule has 1 atom stereocenters. The minimum Gasteiger partial charge on any atom is -0.497 e. The van der Waals surface area contributed by atoms with Gasteiger partial charge >= 0.3 is 11.9 Å². The molecule has 0 aromatic heterocycles. The molecule has 278 valence electrons. The number of carbonyl (C=O) groups is 2. The maximum atomic E-state index is 12.7. The summed E-state index contributed by atoms with van der Waals surface area (Å²) >= 11 is 0. The van der Waals surface area contributed by atoms with Gasteiger partial charge in [0.2, 0.25) is 0 Å². The van der Waals surface area contributed by atoms with E-state index < -0.39 is 6.10 Å². The lowest BCUT2D eigenvalue weighted by molar-refractivity contribution is -0.161. The summed E-state index contributed by atoms with van der Waals surface area (Å²) in [5, 5.41) is 0. The fourth-order valence-corrected chi connectivity index (χ4v) is 6.05. The second-order valence-corrected chi connectivity index (χ2v) is 13.8. The van der Waals surface area contributed by atoms with Crippen molar-refractivity contribution in [2.45, 2.75) is 200 Å². The predicted molar refractivity (Wildman–Crippen MR) is 200 cm³/mol. The third-order valence-corrected chi connectivity index (χ3v) is 9.19. The first-order valence-electron chi connectivity index (χ1n) is 20.2. The minimum atomic E-state index is -0.642. The third kappa shape index (κ3) is 27.7. The fourth-order valence-electron chi connectivity index (χ4n) is 6.05. The van der Waals surface area contributed by atoms with Gasteiger partial charge in [-0.2, -0.15) is 0 Å². The number of hydrogen-bond donors (Lipinski definition) is 0. The molecule has 6 heteroatoms. The second-order valence-electron chi connectivity index (χ2n) is 13.8. The highest BCUT2D eigenvalue weighted by Gasteiger charge is 2.18. The molecule has 0 spiro atoms. The zero-order valence-electron chi connectivity index (χ0n) is 31.5. The van der Waals surface area contributed by atoms with E-state index in [0.29, 0.717) is 18.6 Å². The Hall–Kier alpha value is -2.24. The predicted octanol–water partition coefficient (Wildman–Crippen LogP) is 12.5. The molecule has 0 amide bonds. The Labute approximate surface area is 295 Å². The summed E-state index contributed by atoms with van der Waals surface area (Å²) < 4.78 is 22.4. The molecule has 0 aliphatic heterocycles. The molecule has 6 nitrogen and oxygen atoms in total. The van der Waals surface area contributed by atoms with Gasteiger partial charge in [0.05, 0.1) is 7.11 Å². The number of rotatable bonds is 35.